The molecular formula is C17H24N2O. The van der Waals surface area contributed by atoms with Crippen molar-refractivity contribution in [2.45, 2.75) is 38.1 Å². The molecule has 0 N–H and O–H groups in total. The van der Waals surface area contributed by atoms with E-state index in [2.05, 4.69) is 37.9 Å². The topological polar surface area (TPSA) is 36.3 Å². The molecule has 0 aliphatic carbocycles. The summed E-state index contributed by atoms with van der Waals surface area (Å²) >= 11 is 0. The fraction of sp³-hybridized carbons (Fsp3) is 0.588. The van der Waals surface area contributed by atoms with Gasteiger partial charge in [0.25, 0.3) is 0 Å². The highest BCUT2D eigenvalue weighted by Crippen LogP contribution is 2.47. The molecule has 1 aromatic carbocycles. The Kier molecular flexibility index (Phi) is 4.35. The summed E-state index contributed by atoms with van der Waals surface area (Å²) in [4.78, 5) is 2.38. The van der Waals surface area contributed by atoms with E-state index in [0.29, 0.717) is 18.4 Å². The molecule has 1 aromatic rings. The van der Waals surface area contributed by atoms with Gasteiger partial charge in [-0.1, -0.05) is 25.1 Å². The predicted molar refractivity (Wildman–Crippen MR) is 80.8 cm³/mol. The molecule has 1 aliphatic rings. The van der Waals surface area contributed by atoms with Gasteiger partial charge in [-0.2, -0.15) is 5.26 Å². The fourth-order valence-corrected chi connectivity index (χ4v) is 3.58. The SMILES string of the molecule is COc1ccccc1[C@@]1(CC#N)C[C@@H](C)N(C)C[C@@H]1C. The van der Waals surface area contributed by atoms with Gasteiger partial charge in [0.1, 0.15) is 5.75 Å². The van der Waals surface area contributed by atoms with Crippen LogP contribution in [-0.2, 0) is 5.41 Å². The van der Waals surface area contributed by atoms with Crippen LogP contribution in [0, 0.1) is 17.2 Å². The molecular weight excluding hydrogens is 248 g/mol. The standard InChI is InChI=1S/C17H24N2O/c1-13-12-19(3)14(2)11-17(13,9-10-18)15-7-5-6-8-16(15)20-4/h5-8,13-14H,9,11-12H2,1-4H3/t13-,14+,17-/m0/s1. The highest BCUT2D eigenvalue weighted by Gasteiger charge is 2.45. The highest BCUT2D eigenvalue weighted by atomic mass is 16.5. The summed E-state index contributed by atoms with van der Waals surface area (Å²) in [6.45, 7) is 5.51. The minimum Gasteiger partial charge on any atom is -0.496 e. The van der Waals surface area contributed by atoms with E-state index < -0.39 is 0 Å². The summed E-state index contributed by atoms with van der Waals surface area (Å²) in [5.74, 6) is 1.34. The zero-order valence-electron chi connectivity index (χ0n) is 12.9. The second-order valence-corrected chi connectivity index (χ2v) is 6.09. The predicted octanol–water partition coefficient (Wildman–Crippen LogP) is 3.21. The normalized spacial score (nSPS) is 30.8. The zero-order valence-corrected chi connectivity index (χ0v) is 12.9. The molecule has 0 bridgehead atoms. The van der Waals surface area contributed by atoms with Gasteiger partial charge in [-0.25, -0.2) is 0 Å². The maximum Gasteiger partial charge on any atom is 0.122 e. The molecule has 0 amide bonds. The second kappa shape index (κ2) is 5.85. The van der Waals surface area contributed by atoms with Crippen LogP contribution in [0.1, 0.15) is 32.3 Å². The Morgan fingerprint density at radius 2 is 2.10 bits per heavy atom. The number of nitrogens with zero attached hydrogens (tertiary/aromatic N) is 2. The molecule has 0 spiro atoms. The van der Waals surface area contributed by atoms with Gasteiger partial charge >= 0.3 is 0 Å². The van der Waals surface area contributed by atoms with E-state index in [-0.39, 0.29) is 5.41 Å². The van der Waals surface area contributed by atoms with E-state index in [1.165, 1.54) is 5.56 Å². The van der Waals surface area contributed by atoms with E-state index >= 15 is 0 Å². The quantitative estimate of drug-likeness (QED) is 0.847. The van der Waals surface area contributed by atoms with Crippen LogP contribution in [0.4, 0.5) is 0 Å². The Morgan fingerprint density at radius 1 is 1.40 bits per heavy atom. The minimum absolute atomic E-state index is 0.104. The maximum absolute atomic E-state index is 9.37. The number of para-hydroxylation sites is 1. The Morgan fingerprint density at radius 3 is 2.75 bits per heavy atom. The van der Waals surface area contributed by atoms with Crippen LogP contribution < -0.4 is 4.74 Å². The van der Waals surface area contributed by atoms with Crippen LogP contribution in [0.3, 0.4) is 0 Å². The molecule has 1 aliphatic heterocycles. The molecule has 0 unspecified atom stereocenters. The molecule has 3 nitrogen and oxygen atoms in total. The van der Waals surface area contributed by atoms with Crippen LogP contribution >= 0.6 is 0 Å². The van der Waals surface area contributed by atoms with Crippen molar-refractivity contribution in [1.82, 2.24) is 4.90 Å². The number of nitriles is 1. The summed E-state index contributed by atoms with van der Waals surface area (Å²) < 4.78 is 5.56. The van der Waals surface area contributed by atoms with Crippen LogP contribution in [0.2, 0.25) is 0 Å². The summed E-state index contributed by atoms with van der Waals surface area (Å²) in [6.07, 6.45) is 1.55. The molecule has 3 atom stereocenters. The lowest BCUT2D eigenvalue weighted by Crippen LogP contribution is -2.51. The first-order valence-corrected chi connectivity index (χ1v) is 7.26. The highest BCUT2D eigenvalue weighted by molar-refractivity contribution is 5.41. The average molecular weight is 272 g/mol. The monoisotopic (exact) mass is 272 g/mol. The number of piperidine rings is 1. The lowest BCUT2D eigenvalue weighted by atomic mass is 9.63. The number of hydrogen-bond acceptors (Lipinski definition) is 3. The largest absolute Gasteiger partial charge is 0.496 e. The molecule has 0 aromatic heterocycles. The second-order valence-electron chi connectivity index (χ2n) is 6.09. The molecule has 20 heavy (non-hydrogen) atoms. The number of ether oxygens (including phenoxy) is 1. The molecule has 0 radical (unpaired) electrons. The average Bonchev–Trinajstić information content (AvgIpc) is 2.45. The molecule has 108 valence electrons. The number of methoxy groups -OCH3 is 1. The van der Waals surface area contributed by atoms with E-state index in [1.807, 2.05) is 18.2 Å². The number of rotatable bonds is 3. The lowest BCUT2D eigenvalue weighted by molar-refractivity contribution is 0.0754. The number of benzene rings is 1. The molecule has 1 saturated heterocycles. The Labute approximate surface area is 122 Å². The first-order chi connectivity index (χ1) is 9.55. The van der Waals surface area contributed by atoms with Crippen molar-refractivity contribution < 1.29 is 4.74 Å². The van der Waals surface area contributed by atoms with E-state index in [4.69, 9.17) is 4.74 Å². The van der Waals surface area contributed by atoms with Gasteiger partial charge in [0.05, 0.1) is 13.2 Å². The van der Waals surface area contributed by atoms with Crippen molar-refractivity contribution in [3.63, 3.8) is 0 Å². The van der Waals surface area contributed by atoms with Gasteiger partial charge in [-0.3, -0.25) is 0 Å². The fourth-order valence-electron chi connectivity index (χ4n) is 3.58. The van der Waals surface area contributed by atoms with Crippen molar-refractivity contribution in [2.75, 3.05) is 20.7 Å². The maximum atomic E-state index is 9.37. The summed E-state index contributed by atoms with van der Waals surface area (Å²) in [6, 6.07) is 11.1. The van der Waals surface area contributed by atoms with E-state index in [9.17, 15) is 5.26 Å². The van der Waals surface area contributed by atoms with E-state index in [0.717, 1.165) is 18.7 Å². The van der Waals surface area contributed by atoms with Crippen molar-refractivity contribution >= 4 is 0 Å². The number of hydrogen-bond donors (Lipinski definition) is 0. The molecule has 2 rings (SSSR count). The third-order valence-corrected chi connectivity index (χ3v) is 4.96. The third-order valence-electron chi connectivity index (χ3n) is 4.96. The van der Waals surface area contributed by atoms with Crippen molar-refractivity contribution in [3.05, 3.63) is 29.8 Å². The Hall–Kier alpha value is -1.53. The van der Waals surface area contributed by atoms with Crippen LogP contribution in [0.5, 0.6) is 5.75 Å². The molecule has 1 heterocycles. The van der Waals surface area contributed by atoms with Crippen LogP contribution in [0.25, 0.3) is 0 Å². The smallest absolute Gasteiger partial charge is 0.122 e. The van der Waals surface area contributed by atoms with Crippen molar-refractivity contribution in [1.29, 1.82) is 5.26 Å². The molecule has 0 saturated carbocycles. The van der Waals surface area contributed by atoms with Gasteiger partial charge in [0.2, 0.25) is 0 Å². The summed E-state index contributed by atoms with van der Waals surface area (Å²) in [7, 11) is 3.88. The first-order valence-electron chi connectivity index (χ1n) is 7.26. The summed E-state index contributed by atoms with van der Waals surface area (Å²) in [5.41, 5.74) is 1.09. The molecule has 3 heteroatoms. The van der Waals surface area contributed by atoms with Crippen LogP contribution in [-0.4, -0.2) is 31.6 Å². The summed E-state index contributed by atoms with van der Waals surface area (Å²) in [5, 5.41) is 9.37. The minimum atomic E-state index is -0.104. The van der Waals surface area contributed by atoms with Crippen molar-refractivity contribution in [3.8, 4) is 11.8 Å². The number of likely N-dealkylation sites (tertiary alicyclic amines) is 1. The third kappa shape index (κ3) is 2.41. The van der Waals surface area contributed by atoms with Crippen LogP contribution in [0.15, 0.2) is 24.3 Å². The van der Waals surface area contributed by atoms with Gasteiger partial charge in [0, 0.05) is 30.0 Å². The zero-order chi connectivity index (χ0) is 14.8. The van der Waals surface area contributed by atoms with Gasteiger partial charge in [0.15, 0.2) is 0 Å². The van der Waals surface area contributed by atoms with Gasteiger partial charge < -0.3 is 9.64 Å². The van der Waals surface area contributed by atoms with Crippen molar-refractivity contribution in [2.24, 2.45) is 5.92 Å². The Bertz CT molecular complexity index is 508. The Balaban J connectivity index is 2.52. The molecule has 1 fully saturated rings. The first kappa shape index (κ1) is 14.9. The van der Waals surface area contributed by atoms with Gasteiger partial charge in [-0.05, 0) is 32.4 Å². The van der Waals surface area contributed by atoms with E-state index in [1.54, 1.807) is 7.11 Å². The lowest BCUT2D eigenvalue weighted by Gasteiger charge is -2.48. The van der Waals surface area contributed by atoms with Gasteiger partial charge in [-0.15, -0.1) is 0 Å².